The molecule has 5 aromatic rings. The Labute approximate surface area is 451 Å². The normalized spacial score (nSPS) is 14.7. The molecular weight excluding hydrogens is 1010 g/mol. The maximum atomic E-state index is 11.9. The number of fused-ring (bicyclic) bond motifs is 2. The van der Waals surface area contributed by atoms with Gasteiger partial charge in [-0.05, 0) is 153 Å². The van der Waals surface area contributed by atoms with Gasteiger partial charge in [0.25, 0.3) is 0 Å². The summed E-state index contributed by atoms with van der Waals surface area (Å²) < 4.78 is 56.5. The summed E-state index contributed by atoms with van der Waals surface area (Å²) >= 11 is 0. The highest BCUT2D eigenvalue weighted by Crippen LogP contribution is 2.33. The second-order valence-electron chi connectivity index (χ2n) is 20.1. The van der Waals surface area contributed by atoms with Crippen LogP contribution in [0.3, 0.4) is 0 Å². The Morgan fingerprint density at radius 2 is 1.20 bits per heavy atom. The highest BCUT2D eigenvalue weighted by atomic mass is 35.5. The van der Waals surface area contributed by atoms with E-state index in [0.717, 1.165) is 141 Å². The van der Waals surface area contributed by atoms with E-state index < -0.39 is 31.9 Å². The smallest absolute Gasteiger partial charge is 0.474 e. The first-order valence-electron chi connectivity index (χ1n) is 25.1. The van der Waals surface area contributed by atoms with Crippen LogP contribution in [0.1, 0.15) is 79.8 Å². The number of amides is 1. The number of aromatic nitrogens is 3. The molecule has 408 valence electrons. The molecule has 1 amide bonds. The SMILES string of the molecule is CN(C)c1cc[n+](S(=O)(=O)NC(=O)OC(C)(C)C)cc1.Cc1cc2ncc(C#N)c(N3CCCN(CCCN)CC3)c2cc1C.Cc1cc2ncc(C#N)c(N3CCCN(CCCNS(C)(=O)=O)CC3)c2cc1C.[Cl-]. The molecule has 0 unspecified atom stereocenters. The monoisotopic (exact) mass is 1090 g/mol. The van der Waals surface area contributed by atoms with Crippen molar-refractivity contribution in [2.75, 3.05) is 114 Å². The van der Waals surface area contributed by atoms with Crippen LogP contribution < -0.4 is 46.3 Å². The number of benzene rings is 2. The number of sulfonamides is 1. The molecule has 75 heavy (non-hydrogen) atoms. The number of ether oxygens (including phenoxy) is 1. The number of carbonyl (C=O) groups is 1. The van der Waals surface area contributed by atoms with Crippen LogP contribution in [0.5, 0.6) is 0 Å². The third kappa shape index (κ3) is 18.1. The summed E-state index contributed by atoms with van der Waals surface area (Å²) in [6.07, 6.45) is 10.2. The maximum absolute atomic E-state index is 11.9. The number of pyridine rings is 3. The predicted octanol–water partition coefficient (Wildman–Crippen LogP) is 2.42. The summed E-state index contributed by atoms with van der Waals surface area (Å²) in [5, 5.41) is 21.4. The van der Waals surface area contributed by atoms with Crippen molar-refractivity contribution in [3.63, 3.8) is 0 Å². The standard InChI is InChI=1S/C21H29N5O2S.C20H27N5.C12H19N3O4S.ClH/c1-16-12-19-20(13-17(16)2)23-15-18(14-22)21(19)26-9-5-8-25(10-11-26)7-4-6-24-29(3,27)28;1-15-11-18-19(12-16(15)2)23-14-17(13-22)20(18)25-8-4-7-24(9-10-25)6-3-5-21;1-12(2,3)19-11(16)13-20(17,18)15-8-6-10(7-9-15)14(4)5;/h12-13,15,24H,4-11H2,1-3H3;11-12,14H,3-10,21H2,1-2H3;6-9H,1-5H3;1H. The van der Waals surface area contributed by atoms with E-state index in [2.05, 4.69) is 98.4 Å². The van der Waals surface area contributed by atoms with E-state index in [1.807, 2.05) is 23.7 Å². The molecule has 0 atom stereocenters. The quantitative estimate of drug-likeness (QED) is 0.113. The fraction of sp³-hybridized carbons (Fsp3) is 0.509. The number of hydrogen-bond acceptors (Lipinski definition) is 16. The predicted molar refractivity (Wildman–Crippen MR) is 294 cm³/mol. The minimum Gasteiger partial charge on any atom is -1.00 e. The van der Waals surface area contributed by atoms with Gasteiger partial charge in [0, 0.05) is 101 Å². The number of anilines is 3. The molecule has 2 fully saturated rings. The van der Waals surface area contributed by atoms with Crippen molar-refractivity contribution in [2.45, 2.75) is 79.8 Å². The molecule has 0 bridgehead atoms. The van der Waals surface area contributed by atoms with Crippen molar-refractivity contribution in [1.82, 2.24) is 29.2 Å². The van der Waals surface area contributed by atoms with Crippen molar-refractivity contribution >= 4 is 65.2 Å². The Morgan fingerprint density at radius 3 is 1.61 bits per heavy atom. The number of nitrogens with one attached hydrogen (secondary N) is 2. The molecule has 2 saturated heterocycles. The lowest BCUT2D eigenvalue weighted by Gasteiger charge is -2.26. The van der Waals surface area contributed by atoms with Crippen molar-refractivity contribution in [2.24, 2.45) is 5.73 Å². The van der Waals surface area contributed by atoms with Gasteiger partial charge in [-0.25, -0.2) is 17.9 Å². The topological polar surface area (TPSA) is 238 Å². The molecule has 0 spiro atoms. The van der Waals surface area contributed by atoms with E-state index in [9.17, 15) is 32.2 Å². The zero-order valence-electron chi connectivity index (χ0n) is 45.3. The Kier molecular flexibility index (Phi) is 22.8. The van der Waals surface area contributed by atoms with Crippen molar-refractivity contribution in [1.29, 1.82) is 10.5 Å². The summed E-state index contributed by atoms with van der Waals surface area (Å²) in [6, 6.07) is 16.5. The second-order valence-corrected chi connectivity index (χ2v) is 23.5. The molecule has 2 aliphatic rings. The summed E-state index contributed by atoms with van der Waals surface area (Å²) in [7, 11) is -3.45. The van der Waals surface area contributed by atoms with Crippen LogP contribution in [0.25, 0.3) is 21.8 Å². The van der Waals surface area contributed by atoms with Gasteiger partial charge in [0.05, 0.1) is 39.8 Å². The van der Waals surface area contributed by atoms with Crippen LogP contribution in [0.2, 0.25) is 0 Å². The Morgan fingerprint density at radius 1 is 0.747 bits per heavy atom. The number of rotatable bonds is 13. The van der Waals surface area contributed by atoms with Gasteiger partial charge in [0.2, 0.25) is 10.0 Å². The van der Waals surface area contributed by atoms with E-state index in [1.165, 1.54) is 40.9 Å². The van der Waals surface area contributed by atoms with Crippen LogP contribution in [0, 0.1) is 50.4 Å². The first kappa shape index (κ1) is 61.6. The first-order chi connectivity index (χ1) is 34.9. The lowest BCUT2D eigenvalue weighted by Crippen LogP contribution is -3.00. The van der Waals surface area contributed by atoms with Gasteiger partial charge in [-0.2, -0.15) is 15.2 Å². The van der Waals surface area contributed by atoms with Gasteiger partial charge in [0.1, 0.15) is 17.7 Å². The number of nitrogens with two attached hydrogens (primary N) is 1. The fourth-order valence-electron chi connectivity index (χ4n) is 8.75. The van der Waals surface area contributed by atoms with Crippen LogP contribution in [0.15, 0.2) is 61.2 Å². The summed E-state index contributed by atoms with van der Waals surface area (Å²) in [5.74, 6) is 0. The van der Waals surface area contributed by atoms with Crippen LogP contribution >= 0.6 is 0 Å². The van der Waals surface area contributed by atoms with E-state index in [4.69, 9.17) is 10.5 Å². The third-order valence-corrected chi connectivity index (χ3v) is 14.8. The van der Waals surface area contributed by atoms with Gasteiger partial charge < -0.3 is 47.4 Å². The van der Waals surface area contributed by atoms with Crippen molar-refractivity contribution in [3.05, 3.63) is 94.6 Å². The average Bonchev–Trinajstić information content (AvgIpc) is 3.72. The molecule has 4 N–H and O–H groups in total. The van der Waals surface area contributed by atoms with E-state index >= 15 is 0 Å². The van der Waals surface area contributed by atoms with E-state index in [1.54, 1.807) is 45.3 Å². The zero-order valence-corrected chi connectivity index (χ0v) is 47.7. The van der Waals surface area contributed by atoms with E-state index in [-0.39, 0.29) is 12.4 Å². The van der Waals surface area contributed by atoms with Crippen LogP contribution in [0.4, 0.5) is 21.9 Å². The molecule has 0 saturated carbocycles. The minimum absolute atomic E-state index is 0. The Bertz CT molecular complexity index is 3050. The minimum atomic E-state index is -4.00. The number of hydrogen-bond donors (Lipinski definition) is 3. The maximum Gasteiger partial charge on any atom is 0.474 e. The molecule has 0 aliphatic carbocycles. The molecule has 2 aliphatic heterocycles. The molecule has 0 radical (unpaired) electrons. The Hall–Kier alpha value is -5.91. The largest absolute Gasteiger partial charge is 1.00 e. The number of nitrogens with zero attached hydrogens (tertiary/aromatic N) is 10. The molecule has 5 heterocycles. The van der Waals surface area contributed by atoms with Crippen molar-refractivity contribution in [3.8, 4) is 12.1 Å². The second kappa shape index (κ2) is 27.8. The fourth-order valence-corrected chi connectivity index (χ4v) is 10.1. The molecule has 2 aromatic carbocycles. The molecule has 19 nitrogen and oxygen atoms in total. The van der Waals surface area contributed by atoms with Crippen LogP contribution in [-0.2, 0) is 25.0 Å². The summed E-state index contributed by atoms with van der Waals surface area (Å²) in [4.78, 5) is 31.9. The van der Waals surface area contributed by atoms with Gasteiger partial charge in [-0.15, -0.1) is 8.42 Å². The van der Waals surface area contributed by atoms with Gasteiger partial charge in [-0.1, -0.05) is 3.97 Å². The highest BCUT2D eigenvalue weighted by molar-refractivity contribution is 7.88. The lowest BCUT2D eigenvalue weighted by atomic mass is 10.0. The van der Waals surface area contributed by atoms with Gasteiger partial charge in [-0.3, -0.25) is 9.97 Å². The average molecular weight is 1090 g/mol. The molecule has 22 heteroatoms. The molecule has 3 aromatic heterocycles. The molecule has 7 rings (SSSR count). The Balaban J connectivity index is 0.000000246. The molecular formula is C53H76ClN13O6S2. The number of aryl methyl sites for hydroxylation is 4. The number of carbonyl (C=O) groups excluding carboxylic acids is 1. The van der Waals surface area contributed by atoms with Gasteiger partial charge in [0.15, 0.2) is 12.4 Å². The number of nitriles is 2. The first-order valence-corrected chi connectivity index (χ1v) is 28.4. The third-order valence-electron chi connectivity index (χ3n) is 12.8. The lowest BCUT2D eigenvalue weighted by molar-refractivity contribution is -0.512. The van der Waals surface area contributed by atoms with E-state index in [0.29, 0.717) is 17.7 Å². The number of halogens is 1. The zero-order chi connectivity index (χ0) is 54.4. The summed E-state index contributed by atoms with van der Waals surface area (Å²) in [6.45, 7) is 24.1. The highest BCUT2D eigenvalue weighted by Gasteiger charge is 2.28. The van der Waals surface area contributed by atoms with Gasteiger partial charge >= 0.3 is 16.3 Å². The summed E-state index contributed by atoms with van der Waals surface area (Å²) in [5.41, 5.74) is 15.8. The van der Waals surface area contributed by atoms with Crippen molar-refractivity contribution < 1.29 is 42.7 Å². The van der Waals surface area contributed by atoms with Crippen LogP contribution in [-0.4, -0.2) is 147 Å².